The zero-order valence-corrected chi connectivity index (χ0v) is 20.4. The monoisotopic (exact) mass is 529 g/mol. The Morgan fingerprint density at radius 1 is 1.06 bits per heavy atom. The number of halogens is 1. The normalized spacial score (nSPS) is 11.6. The van der Waals surface area contributed by atoms with E-state index in [0.717, 1.165) is 15.6 Å². The van der Waals surface area contributed by atoms with E-state index in [4.69, 9.17) is 4.74 Å². The van der Waals surface area contributed by atoms with Crippen molar-refractivity contribution < 1.29 is 17.9 Å². The second-order valence-electron chi connectivity index (χ2n) is 7.10. The Morgan fingerprint density at radius 2 is 1.79 bits per heavy atom. The van der Waals surface area contributed by atoms with Gasteiger partial charge in [-0.05, 0) is 53.9 Å². The summed E-state index contributed by atoms with van der Waals surface area (Å²) in [5.74, 6) is 0.126. The number of carbonyl (C=O) groups excluding carboxylic acids is 1. The third-order valence-corrected chi connectivity index (χ3v) is 7.15. The van der Waals surface area contributed by atoms with Gasteiger partial charge in [-0.3, -0.25) is 4.79 Å². The van der Waals surface area contributed by atoms with E-state index in [9.17, 15) is 13.2 Å². The van der Waals surface area contributed by atoms with Crippen molar-refractivity contribution in [2.45, 2.75) is 11.3 Å². The van der Waals surface area contributed by atoms with Crippen LogP contribution in [0.15, 0.2) is 93.3 Å². The van der Waals surface area contributed by atoms with Crippen LogP contribution in [-0.4, -0.2) is 45.0 Å². The summed E-state index contributed by atoms with van der Waals surface area (Å²) in [5, 5.41) is 3.95. The van der Waals surface area contributed by atoms with Crippen LogP contribution in [0.4, 0.5) is 0 Å². The molecule has 0 aliphatic heterocycles. The van der Waals surface area contributed by atoms with Crippen molar-refractivity contribution in [3.8, 4) is 5.75 Å². The van der Waals surface area contributed by atoms with E-state index in [0.29, 0.717) is 12.2 Å². The molecule has 3 aromatic carbocycles. The maximum Gasteiger partial charge on any atom is 0.255 e. The van der Waals surface area contributed by atoms with Gasteiger partial charge in [0, 0.05) is 11.0 Å². The number of carbonyl (C=O) groups is 1. The minimum Gasteiger partial charge on any atom is -0.497 e. The zero-order valence-electron chi connectivity index (χ0n) is 18.0. The SMILES string of the molecule is COc1cccc(/C=N\NC(=O)CN(CCc2ccccc2)S(=O)(=O)c2ccc(Br)cc2)c1. The van der Waals surface area contributed by atoms with Crippen molar-refractivity contribution in [1.29, 1.82) is 0 Å². The maximum absolute atomic E-state index is 13.2. The third kappa shape index (κ3) is 7.24. The largest absolute Gasteiger partial charge is 0.497 e. The van der Waals surface area contributed by atoms with E-state index in [2.05, 4.69) is 26.5 Å². The number of ether oxygens (including phenoxy) is 1. The molecule has 0 aliphatic carbocycles. The van der Waals surface area contributed by atoms with Gasteiger partial charge in [0.25, 0.3) is 5.91 Å². The van der Waals surface area contributed by atoms with Gasteiger partial charge in [-0.25, -0.2) is 13.8 Å². The third-order valence-electron chi connectivity index (χ3n) is 4.76. The molecule has 7 nitrogen and oxygen atoms in total. The summed E-state index contributed by atoms with van der Waals surface area (Å²) >= 11 is 3.31. The molecule has 3 rings (SSSR count). The fraction of sp³-hybridized carbons (Fsp3) is 0.167. The summed E-state index contributed by atoms with van der Waals surface area (Å²) in [5.41, 5.74) is 4.12. The van der Waals surface area contributed by atoms with Gasteiger partial charge in [-0.15, -0.1) is 0 Å². The number of hydrogen-bond donors (Lipinski definition) is 1. The highest BCUT2D eigenvalue weighted by Gasteiger charge is 2.26. The summed E-state index contributed by atoms with van der Waals surface area (Å²) in [6, 6.07) is 23.0. The highest BCUT2D eigenvalue weighted by atomic mass is 79.9. The molecule has 0 fully saturated rings. The molecule has 0 aromatic heterocycles. The van der Waals surface area contributed by atoms with Crippen LogP contribution in [0.3, 0.4) is 0 Å². The van der Waals surface area contributed by atoms with Crippen molar-refractivity contribution in [3.63, 3.8) is 0 Å². The molecule has 0 saturated heterocycles. The second-order valence-corrected chi connectivity index (χ2v) is 9.95. The average molecular weight is 530 g/mol. The van der Waals surface area contributed by atoms with Crippen LogP contribution in [-0.2, 0) is 21.2 Å². The molecule has 0 radical (unpaired) electrons. The van der Waals surface area contributed by atoms with E-state index >= 15 is 0 Å². The van der Waals surface area contributed by atoms with E-state index in [1.807, 2.05) is 36.4 Å². The van der Waals surface area contributed by atoms with Crippen molar-refractivity contribution in [3.05, 3.63) is 94.5 Å². The Bertz CT molecular complexity index is 1200. The second kappa shape index (κ2) is 11.7. The predicted molar refractivity (Wildman–Crippen MR) is 132 cm³/mol. The van der Waals surface area contributed by atoms with Crippen LogP contribution >= 0.6 is 15.9 Å². The highest BCUT2D eigenvalue weighted by molar-refractivity contribution is 9.10. The minimum absolute atomic E-state index is 0.117. The molecule has 0 bridgehead atoms. The summed E-state index contributed by atoms with van der Waals surface area (Å²) in [6.45, 7) is -0.212. The first-order valence-electron chi connectivity index (χ1n) is 10.1. The van der Waals surface area contributed by atoms with Gasteiger partial charge in [-0.2, -0.15) is 9.41 Å². The first-order valence-corrected chi connectivity index (χ1v) is 12.4. The summed E-state index contributed by atoms with van der Waals surface area (Å²) in [7, 11) is -2.32. The molecule has 9 heteroatoms. The van der Waals surface area contributed by atoms with Gasteiger partial charge < -0.3 is 4.74 Å². The minimum atomic E-state index is -3.89. The number of hydrogen-bond acceptors (Lipinski definition) is 5. The molecular weight excluding hydrogens is 506 g/mol. The van der Waals surface area contributed by atoms with E-state index in [1.165, 1.54) is 22.7 Å². The fourth-order valence-electron chi connectivity index (χ4n) is 3.03. The van der Waals surface area contributed by atoms with E-state index in [-0.39, 0.29) is 18.0 Å². The Hall–Kier alpha value is -3.01. The Morgan fingerprint density at radius 3 is 2.48 bits per heavy atom. The van der Waals surface area contributed by atoms with Crippen LogP contribution in [0.2, 0.25) is 0 Å². The molecular formula is C24H24BrN3O4S. The number of amides is 1. The van der Waals surface area contributed by atoms with Crippen LogP contribution in [0, 0.1) is 0 Å². The van der Waals surface area contributed by atoms with Gasteiger partial charge in [0.05, 0.1) is 24.8 Å². The van der Waals surface area contributed by atoms with Gasteiger partial charge in [0.1, 0.15) is 5.75 Å². The number of rotatable bonds is 10. The summed E-state index contributed by atoms with van der Waals surface area (Å²) in [4.78, 5) is 12.7. The highest BCUT2D eigenvalue weighted by Crippen LogP contribution is 2.19. The lowest BCUT2D eigenvalue weighted by atomic mass is 10.1. The molecule has 0 saturated carbocycles. The average Bonchev–Trinajstić information content (AvgIpc) is 2.82. The fourth-order valence-corrected chi connectivity index (χ4v) is 4.70. The molecule has 0 heterocycles. The topological polar surface area (TPSA) is 88.1 Å². The maximum atomic E-state index is 13.2. The van der Waals surface area contributed by atoms with Crippen molar-refractivity contribution >= 4 is 38.1 Å². The smallest absolute Gasteiger partial charge is 0.255 e. The predicted octanol–water partition coefficient (Wildman–Crippen LogP) is 3.84. The van der Waals surface area contributed by atoms with Crippen LogP contribution < -0.4 is 10.2 Å². The summed E-state index contributed by atoms with van der Waals surface area (Å²) < 4.78 is 33.6. The standard InChI is InChI=1S/C24H24BrN3O4S/c1-32-22-9-5-8-20(16-22)17-26-27-24(29)18-28(15-14-19-6-3-2-4-7-19)33(30,31)23-12-10-21(25)11-13-23/h2-13,16-17H,14-15,18H2,1H3,(H,27,29)/b26-17-. The number of nitrogens with one attached hydrogen (secondary N) is 1. The lowest BCUT2D eigenvalue weighted by Crippen LogP contribution is -2.40. The quantitative estimate of drug-likeness (QED) is 0.319. The first-order chi connectivity index (χ1) is 15.9. The number of benzene rings is 3. The molecule has 3 aromatic rings. The lowest BCUT2D eigenvalue weighted by Gasteiger charge is -2.21. The Labute approximate surface area is 202 Å². The number of nitrogens with zero attached hydrogens (tertiary/aromatic N) is 2. The molecule has 172 valence electrons. The van der Waals surface area contributed by atoms with Crippen LogP contribution in [0.1, 0.15) is 11.1 Å². The van der Waals surface area contributed by atoms with Gasteiger partial charge >= 0.3 is 0 Å². The molecule has 1 amide bonds. The van der Waals surface area contributed by atoms with Gasteiger partial charge in [-0.1, -0.05) is 58.4 Å². The first kappa shape index (κ1) is 24.6. The molecule has 33 heavy (non-hydrogen) atoms. The van der Waals surface area contributed by atoms with E-state index < -0.39 is 15.9 Å². The van der Waals surface area contributed by atoms with Crippen LogP contribution in [0.5, 0.6) is 5.75 Å². The Kier molecular flexibility index (Phi) is 8.76. The number of methoxy groups -OCH3 is 1. The van der Waals surface area contributed by atoms with Crippen molar-refractivity contribution in [1.82, 2.24) is 9.73 Å². The van der Waals surface area contributed by atoms with Crippen LogP contribution in [0.25, 0.3) is 0 Å². The Balaban J connectivity index is 1.73. The number of sulfonamides is 1. The zero-order chi connectivity index (χ0) is 23.7. The molecule has 0 unspecified atom stereocenters. The number of hydrazone groups is 1. The van der Waals surface area contributed by atoms with Gasteiger partial charge in [0.2, 0.25) is 10.0 Å². The lowest BCUT2D eigenvalue weighted by molar-refractivity contribution is -0.121. The molecule has 1 N–H and O–H groups in total. The molecule has 0 aliphatic rings. The van der Waals surface area contributed by atoms with Crippen molar-refractivity contribution in [2.24, 2.45) is 5.10 Å². The van der Waals surface area contributed by atoms with Crippen molar-refractivity contribution in [2.75, 3.05) is 20.2 Å². The van der Waals surface area contributed by atoms with Gasteiger partial charge in [0.15, 0.2) is 0 Å². The summed E-state index contributed by atoms with van der Waals surface area (Å²) in [6.07, 6.45) is 1.94. The van der Waals surface area contributed by atoms with E-state index in [1.54, 1.807) is 37.4 Å². The molecule has 0 spiro atoms. The molecule has 0 atom stereocenters.